The lowest BCUT2D eigenvalue weighted by atomic mass is 10.1. The number of phosphoric ester groups is 1. The second kappa shape index (κ2) is 29.6. The van der Waals surface area contributed by atoms with Crippen LogP contribution in [0.2, 0.25) is 0 Å². The number of nitrogens with zero attached hydrogens (tertiary/aromatic N) is 1. The number of hydrogen-bond donors (Lipinski definition) is 1. The summed E-state index contributed by atoms with van der Waals surface area (Å²) in [5.74, 6) is -0.324. The van der Waals surface area contributed by atoms with Crippen LogP contribution in [0, 0.1) is 0 Å². The smallest absolute Gasteiger partial charge is 0.457 e. The zero-order chi connectivity index (χ0) is 32.8. The molecule has 0 spiro atoms. The van der Waals surface area contributed by atoms with Gasteiger partial charge in [-0.15, -0.1) is 0 Å². The third-order valence-corrected chi connectivity index (χ3v) is 8.56. The highest BCUT2D eigenvalue weighted by Crippen LogP contribution is 2.43. The van der Waals surface area contributed by atoms with Crippen molar-refractivity contribution in [3.05, 3.63) is 12.2 Å². The average Bonchev–Trinajstić information content (AvgIpc) is 2.96. The molecule has 8 nitrogen and oxygen atoms in total. The first-order valence-corrected chi connectivity index (χ1v) is 19.4. The van der Waals surface area contributed by atoms with Crippen molar-refractivity contribution in [2.24, 2.45) is 0 Å². The molecule has 262 valence electrons. The minimum absolute atomic E-state index is 0.0894. The van der Waals surface area contributed by atoms with Gasteiger partial charge in [-0.25, -0.2) is 4.57 Å². The number of rotatable bonds is 33. The van der Waals surface area contributed by atoms with E-state index in [0.29, 0.717) is 24.1 Å². The lowest BCUT2D eigenvalue weighted by molar-refractivity contribution is -0.870. The van der Waals surface area contributed by atoms with Crippen molar-refractivity contribution in [1.82, 2.24) is 0 Å². The Labute approximate surface area is 271 Å². The maximum absolute atomic E-state index is 12.6. The molecule has 0 aliphatic heterocycles. The van der Waals surface area contributed by atoms with Gasteiger partial charge in [-0.2, -0.15) is 0 Å². The fourth-order valence-corrected chi connectivity index (χ4v) is 5.46. The minimum Gasteiger partial charge on any atom is -0.457 e. The SMILES string of the molecule is CCCCCCC/C=C\CCCCCCCC(=O)OC(COCCCCCCCCCC)COP(=O)(O)OCC[N+](C)(C)C. The van der Waals surface area contributed by atoms with E-state index in [1.165, 1.54) is 89.9 Å². The van der Waals surface area contributed by atoms with Gasteiger partial charge in [0.1, 0.15) is 19.3 Å². The Hall–Kier alpha value is -0.760. The number of allylic oxidation sites excluding steroid dienone is 2. The van der Waals surface area contributed by atoms with Gasteiger partial charge in [-0.3, -0.25) is 13.8 Å². The zero-order valence-corrected chi connectivity index (χ0v) is 30.3. The molecular formula is C35H71NO7P+. The zero-order valence-electron chi connectivity index (χ0n) is 29.4. The van der Waals surface area contributed by atoms with E-state index in [-0.39, 0.29) is 25.8 Å². The Kier molecular flexibility index (Phi) is 29.1. The van der Waals surface area contributed by atoms with Crippen LogP contribution in [-0.2, 0) is 27.9 Å². The molecule has 0 aliphatic rings. The van der Waals surface area contributed by atoms with Crippen molar-refractivity contribution < 1.29 is 37.3 Å². The van der Waals surface area contributed by atoms with Crippen LogP contribution in [0.4, 0.5) is 0 Å². The molecule has 0 aromatic heterocycles. The first-order valence-electron chi connectivity index (χ1n) is 17.9. The van der Waals surface area contributed by atoms with Crippen LogP contribution in [0.5, 0.6) is 0 Å². The average molecular weight is 649 g/mol. The van der Waals surface area contributed by atoms with E-state index in [1.807, 2.05) is 21.1 Å². The Morgan fingerprint density at radius 1 is 0.682 bits per heavy atom. The predicted molar refractivity (Wildman–Crippen MR) is 183 cm³/mol. The number of carbonyl (C=O) groups is 1. The maximum atomic E-state index is 12.6. The third-order valence-electron chi connectivity index (χ3n) is 7.58. The maximum Gasteiger partial charge on any atom is 0.472 e. The second-order valence-electron chi connectivity index (χ2n) is 13.3. The summed E-state index contributed by atoms with van der Waals surface area (Å²) in [4.78, 5) is 22.7. The highest BCUT2D eigenvalue weighted by Gasteiger charge is 2.26. The number of unbranched alkanes of at least 4 members (excludes halogenated alkanes) is 17. The van der Waals surface area contributed by atoms with Gasteiger partial charge in [0.25, 0.3) is 0 Å². The van der Waals surface area contributed by atoms with Gasteiger partial charge < -0.3 is 18.9 Å². The molecule has 0 aromatic rings. The molecule has 44 heavy (non-hydrogen) atoms. The molecule has 0 bridgehead atoms. The Morgan fingerprint density at radius 2 is 1.18 bits per heavy atom. The molecule has 2 unspecified atom stereocenters. The first kappa shape index (κ1) is 43.2. The summed E-state index contributed by atoms with van der Waals surface area (Å²) in [7, 11) is 1.66. The highest BCUT2D eigenvalue weighted by atomic mass is 31.2. The molecule has 0 heterocycles. The highest BCUT2D eigenvalue weighted by molar-refractivity contribution is 7.47. The quantitative estimate of drug-likeness (QED) is 0.0249. The lowest BCUT2D eigenvalue weighted by Crippen LogP contribution is -2.37. The van der Waals surface area contributed by atoms with E-state index < -0.39 is 13.9 Å². The van der Waals surface area contributed by atoms with Crippen LogP contribution < -0.4 is 0 Å². The van der Waals surface area contributed by atoms with Crippen LogP contribution >= 0.6 is 7.82 Å². The van der Waals surface area contributed by atoms with Crippen LogP contribution in [0.25, 0.3) is 0 Å². The minimum atomic E-state index is -4.26. The number of ether oxygens (including phenoxy) is 2. The third kappa shape index (κ3) is 32.6. The van der Waals surface area contributed by atoms with Gasteiger partial charge in [0.05, 0.1) is 34.4 Å². The van der Waals surface area contributed by atoms with E-state index in [2.05, 4.69) is 26.0 Å². The van der Waals surface area contributed by atoms with E-state index in [9.17, 15) is 14.3 Å². The number of hydrogen-bond acceptors (Lipinski definition) is 6. The van der Waals surface area contributed by atoms with E-state index in [0.717, 1.165) is 38.5 Å². The van der Waals surface area contributed by atoms with E-state index in [4.69, 9.17) is 18.5 Å². The van der Waals surface area contributed by atoms with Crippen LogP contribution in [0.15, 0.2) is 12.2 Å². The fourth-order valence-electron chi connectivity index (χ4n) is 4.72. The van der Waals surface area contributed by atoms with Crippen molar-refractivity contribution in [3.8, 4) is 0 Å². The summed E-state index contributed by atoms with van der Waals surface area (Å²) in [6.45, 7) is 5.58. The monoisotopic (exact) mass is 648 g/mol. The van der Waals surface area contributed by atoms with E-state index in [1.54, 1.807) is 0 Å². The summed E-state index contributed by atoms with van der Waals surface area (Å²) in [6, 6.07) is 0. The number of carbonyl (C=O) groups excluding carboxylic acids is 1. The van der Waals surface area contributed by atoms with Gasteiger partial charge in [-0.05, 0) is 38.5 Å². The molecule has 0 fully saturated rings. The summed E-state index contributed by atoms with van der Waals surface area (Å²) in [5, 5.41) is 0. The molecule has 0 saturated heterocycles. The molecule has 0 aliphatic carbocycles. The molecule has 0 aromatic carbocycles. The summed E-state index contributed by atoms with van der Waals surface area (Å²) in [5.41, 5.74) is 0. The second-order valence-corrected chi connectivity index (χ2v) is 14.7. The standard InChI is InChI=1S/C35H70NO7P/c1-6-8-10-12-14-16-17-18-19-20-21-22-24-26-28-35(37)43-34(32-40-30-27-25-23-15-13-11-9-7-2)33-42-44(38,39)41-31-29-36(3,4)5/h17-18,34H,6-16,19-33H2,1-5H3/p+1/b18-17-. The largest absolute Gasteiger partial charge is 0.472 e. The van der Waals surface area contributed by atoms with Crippen LogP contribution in [-0.4, -0.2) is 75.6 Å². The van der Waals surface area contributed by atoms with Gasteiger partial charge >= 0.3 is 13.8 Å². The first-order chi connectivity index (χ1) is 21.1. The Morgan fingerprint density at radius 3 is 1.73 bits per heavy atom. The molecule has 0 rings (SSSR count). The molecule has 0 saturated carbocycles. The Balaban J connectivity index is 4.31. The molecule has 1 N–H and O–H groups in total. The normalized spacial score (nSPS) is 14.2. The Bertz CT molecular complexity index is 726. The summed E-state index contributed by atoms with van der Waals surface area (Å²) in [6.07, 6.45) is 28.1. The topological polar surface area (TPSA) is 91.3 Å². The molecule has 2 atom stereocenters. The van der Waals surface area contributed by atoms with Crippen LogP contribution in [0.1, 0.15) is 149 Å². The molecular weight excluding hydrogens is 577 g/mol. The molecule has 0 radical (unpaired) electrons. The number of phosphoric acid groups is 1. The molecule has 9 heteroatoms. The fraction of sp³-hybridized carbons (Fsp3) is 0.914. The van der Waals surface area contributed by atoms with E-state index >= 15 is 0 Å². The summed E-state index contributed by atoms with van der Waals surface area (Å²) < 4.78 is 34.7. The van der Waals surface area contributed by atoms with Crippen LogP contribution in [0.3, 0.4) is 0 Å². The number of esters is 1. The predicted octanol–water partition coefficient (Wildman–Crippen LogP) is 9.54. The van der Waals surface area contributed by atoms with Gasteiger partial charge in [-0.1, -0.05) is 116 Å². The van der Waals surface area contributed by atoms with Crippen molar-refractivity contribution in [2.45, 2.75) is 155 Å². The number of quaternary nitrogens is 1. The molecule has 0 amide bonds. The number of likely N-dealkylation sites (N-methyl/N-ethyl adjacent to an activating group) is 1. The van der Waals surface area contributed by atoms with Crippen molar-refractivity contribution in [3.63, 3.8) is 0 Å². The van der Waals surface area contributed by atoms with Crippen molar-refractivity contribution in [1.29, 1.82) is 0 Å². The van der Waals surface area contributed by atoms with Gasteiger partial charge in [0.2, 0.25) is 0 Å². The van der Waals surface area contributed by atoms with Crippen molar-refractivity contribution >= 4 is 13.8 Å². The van der Waals surface area contributed by atoms with Gasteiger partial charge in [0, 0.05) is 13.0 Å². The van der Waals surface area contributed by atoms with Gasteiger partial charge in [0.15, 0.2) is 0 Å². The summed E-state index contributed by atoms with van der Waals surface area (Å²) >= 11 is 0. The van der Waals surface area contributed by atoms with Crippen molar-refractivity contribution in [2.75, 3.05) is 54.1 Å². The lowest BCUT2D eigenvalue weighted by Gasteiger charge is -2.24.